The first-order valence-corrected chi connectivity index (χ1v) is 4.70. The Morgan fingerprint density at radius 1 is 1.23 bits per heavy atom. The minimum atomic E-state index is -3.78. The zero-order valence-corrected chi connectivity index (χ0v) is 7.25. The normalized spacial score (nSPS) is 11.5. The van der Waals surface area contributed by atoms with Gasteiger partial charge < -0.3 is 10.2 Å². The van der Waals surface area contributed by atoms with Crippen molar-refractivity contribution in [3.8, 4) is 11.5 Å². The second kappa shape index (κ2) is 3.21. The summed E-state index contributed by atoms with van der Waals surface area (Å²) in [6, 6.07) is 3.06. The fourth-order valence-corrected chi connectivity index (χ4v) is 1.39. The van der Waals surface area contributed by atoms with E-state index in [1.165, 1.54) is 0 Å². The SMILES string of the molecule is NNS(=O)(=O)c1ccc(O)c(O)c1. The highest BCUT2D eigenvalue weighted by molar-refractivity contribution is 7.89. The highest BCUT2D eigenvalue weighted by Gasteiger charge is 2.13. The molecule has 0 radical (unpaired) electrons. The van der Waals surface area contributed by atoms with E-state index in [0.717, 1.165) is 18.2 Å². The van der Waals surface area contributed by atoms with Crippen molar-refractivity contribution in [3.63, 3.8) is 0 Å². The lowest BCUT2D eigenvalue weighted by Gasteiger charge is -2.03. The molecular formula is C6H8N2O4S. The number of nitrogens with one attached hydrogen (secondary N) is 1. The highest BCUT2D eigenvalue weighted by atomic mass is 32.2. The summed E-state index contributed by atoms with van der Waals surface area (Å²) in [4.78, 5) is 1.37. The van der Waals surface area contributed by atoms with Crippen molar-refractivity contribution >= 4 is 10.0 Å². The number of hydrogen-bond donors (Lipinski definition) is 4. The largest absolute Gasteiger partial charge is 0.504 e. The number of phenols is 2. The molecule has 5 N–H and O–H groups in total. The van der Waals surface area contributed by atoms with Gasteiger partial charge in [-0.25, -0.2) is 8.42 Å². The number of hydrazine groups is 1. The van der Waals surface area contributed by atoms with Gasteiger partial charge >= 0.3 is 0 Å². The first-order chi connectivity index (χ1) is 5.97. The van der Waals surface area contributed by atoms with Crippen LogP contribution in [0.15, 0.2) is 23.1 Å². The molecule has 13 heavy (non-hydrogen) atoms. The smallest absolute Gasteiger partial charge is 0.253 e. The maximum absolute atomic E-state index is 11.0. The molecule has 0 fully saturated rings. The first-order valence-electron chi connectivity index (χ1n) is 3.22. The van der Waals surface area contributed by atoms with Crippen molar-refractivity contribution in [2.75, 3.05) is 0 Å². The fraction of sp³-hybridized carbons (Fsp3) is 0. The average molecular weight is 204 g/mol. The summed E-state index contributed by atoms with van der Waals surface area (Å²) >= 11 is 0. The summed E-state index contributed by atoms with van der Waals surface area (Å²) in [5, 5.41) is 17.9. The number of hydrogen-bond acceptors (Lipinski definition) is 5. The van der Waals surface area contributed by atoms with Gasteiger partial charge in [-0.15, -0.1) is 0 Å². The Bertz CT molecular complexity index is 415. The number of sulfonamides is 1. The molecule has 0 saturated heterocycles. The third-order valence-electron chi connectivity index (χ3n) is 1.41. The maximum Gasteiger partial charge on any atom is 0.253 e. The lowest BCUT2D eigenvalue weighted by Crippen LogP contribution is -2.30. The second-order valence-corrected chi connectivity index (χ2v) is 3.99. The summed E-state index contributed by atoms with van der Waals surface area (Å²) in [5.41, 5.74) is 0. The Kier molecular flexibility index (Phi) is 2.41. The molecule has 0 bridgehead atoms. The van der Waals surface area contributed by atoms with E-state index in [4.69, 9.17) is 16.1 Å². The van der Waals surface area contributed by atoms with Gasteiger partial charge in [0.2, 0.25) is 0 Å². The van der Waals surface area contributed by atoms with Crippen LogP contribution in [0.2, 0.25) is 0 Å². The van der Waals surface area contributed by atoms with Gasteiger partial charge in [0.05, 0.1) is 4.90 Å². The van der Waals surface area contributed by atoms with Crippen LogP contribution < -0.4 is 10.7 Å². The van der Waals surface area contributed by atoms with Gasteiger partial charge in [0.25, 0.3) is 10.0 Å². The fourth-order valence-electron chi connectivity index (χ4n) is 0.738. The molecule has 0 heterocycles. The molecule has 0 aliphatic carbocycles. The summed E-state index contributed by atoms with van der Waals surface area (Å²) in [6.07, 6.45) is 0. The maximum atomic E-state index is 11.0. The average Bonchev–Trinajstić information content (AvgIpc) is 2.09. The van der Waals surface area contributed by atoms with E-state index in [2.05, 4.69) is 0 Å². The summed E-state index contributed by atoms with van der Waals surface area (Å²) in [5.74, 6) is 3.83. The van der Waals surface area contributed by atoms with E-state index in [0.29, 0.717) is 0 Å². The van der Waals surface area contributed by atoms with Gasteiger partial charge in [0, 0.05) is 6.07 Å². The van der Waals surface area contributed by atoms with Crippen molar-refractivity contribution in [1.82, 2.24) is 4.83 Å². The number of nitrogens with two attached hydrogens (primary N) is 1. The van der Waals surface area contributed by atoms with Gasteiger partial charge in [0.15, 0.2) is 11.5 Å². The van der Waals surface area contributed by atoms with Crippen molar-refractivity contribution in [2.45, 2.75) is 4.90 Å². The molecule has 0 unspecified atom stereocenters. The quantitative estimate of drug-likeness (QED) is 0.287. The van der Waals surface area contributed by atoms with Crippen LogP contribution in [0.25, 0.3) is 0 Å². The van der Waals surface area contributed by atoms with E-state index < -0.39 is 21.5 Å². The minimum Gasteiger partial charge on any atom is -0.504 e. The van der Waals surface area contributed by atoms with Crippen LogP contribution in [-0.4, -0.2) is 18.6 Å². The molecule has 7 heteroatoms. The lowest BCUT2D eigenvalue weighted by molar-refractivity contribution is 0.402. The molecule has 0 amide bonds. The van der Waals surface area contributed by atoms with E-state index in [1.54, 1.807) is 4.83 Å². The van der Waals surface area contributed by atoms with Gasteiger partial charge in [0.1, 0.15) is 0 Å². The number of aromatic hydroxyl groups is 2. The molecule has 0 aliphatic heterocycles. The zero-order valence-electron chi connectivity index (χ0n) is 6.43. The molecule has 0 atom stereocenters. The summed E-state index contributed by atoms with van der Waals surface area (Å²) < 4.78 is 22.1. The van der Waals surface area contributed by atoms with Gasteiger partial charge in [-0.2, -0.15) is 4.83 Å². The van der Waals surface area contributed by atoms with E-state index in [1.807, 2.05) is 0 Å². The van der Waals surface area contributed by atoms with Crippen LogP contribution in [0, 0.1) is 0 Å². The van der Waals surface area contributed by atoms with Crippen molar-refractivity contribution in [2.24, 2.45) is 5.84 Å². The van der Waals surface area contributed by atoms with Crippen molar-refractivity contribution < 1.29 is 18.6 Å². The van der Waals surface area contributed by atoms with Crippen molar-refractivity contribution in [1.29, 1.82) is 0 Å². The van der Waals surface area contributed by atoms with Crippen LogP contribution in [0.5, 0.6) is 11.5 Å². The Morgan fingerprint density at radius 3 is 2.31 bits per heavy atom. The lowest BCUT2D eigenvalue weighted by atomic mass is 10.3. The third kappa shape index (κ3) is 1.89. The molecule has 1 rings (SSSR count). The van der Waals surface area contributed by atoms with Gasteiger partial charge in [-0.3, -0.25) is 5.84 Å². The van der Waals surface area contributed by atoms with Crippen LogP contribution >= 0.6 is 0 Å². The van der Waals surface area contributed by atoms with Crippen LogP contribution in [0.3, 0.4) is 0 Å². The predicted octanol–water partition coefficient (Wildman–Crippen LogP) is -0.750. The van der Waals surface area contributed by atoms with Gasteiger partial charge in [-0.1, -0.05) is 0 Å². The highest BCUT2D eigenvalue weighted by Crippen LogP contribution is 2.26. The Morgan fingerprint density at radius 2 is 1.85 bits per heavy atom. The van der Waals surface area contributed by atoms with E-state index >= 15 is 0 Å². The molecule has 1 aromatic carbocycles. The Labute approximate surface area is 74.6 Å². The zero-order chi connectivity index (χ0) is 10.1. The van der Waals surface area contributed by atoms with Gasteiger partial charge in [-0.05, 0) is 12.1 Å². The topological polar surface area (TPSA) is 113 Å². The molecule has 1 aromatic rings. The third-order valence-corrected chi connectivity index (χ3v) is 2.60. The molecule has 0 spiro atoms. The molecule has 0 aromatic heterocycles. The predicted molar refractivity (Wildman–Crippen MR) is 44.3 cm³/mol. The van der Waals surface area contributed by atoms with E-state index in [-0.39, 0.29) is 4.90 Å². The molecule has 0 saturated carbocycles. The summed E-state index contributed by atoms with van der Waals surface area (Å²) in [7, 11) is -3.78. The monoisotopic (exact) mass is 204 g/mol. The van der Waals surface area contributed by atoms with Crippen molar-refractivity contribution in [3.05, 3.63) is 18.2 Å². The van der Waals surface area contributed by atoms with Crippen LogP contribution in [0.1, 0.15) is 0 Å². The molecule has 0 aliphatic rings. The minimum absolute atomic E-state index is 0.217. The molecule has 6 nitrogen and oxygen atoms in total. The standard InChI is InChI=1S/C6H8N2O4S/c7-8-13(11,12)4-1-2-5(9)6(10)3-4/h1-3,8-10H,7H2. The Balaban J connectivity index is 3.27. The molecular weight excluding hydrogens is 196 g/mol. The first kappa shape index (κ1) is 9.78. The van der Waals surface area contributed by atoms with Crippen LogP contribution in [0.4, 0.5) is 0 Å². The number of rotatable bonds is 2. The number of benzene rings is 1. The molecule has 72 valence electrons. The summed E-state index contributed by atoms with van der Waals surface area (Å²) in [6.45, 7) is 0. The second-order valence-electron chi connectivity index (χ2n) is 2.27. The number of phenolic OH excluding ortho intramolecular Hbond substituents is 2. The Hall–Kier alpha value is -1.31. The van der Waals surface area contributed by atoms with E-state index in [9.17, 15) is 8.42 Å². The van der Waals surface area contributed by atoms with Crippen LogP contribution in [-0.2, 0) is 10.0 Å².